The van der Waals surface area contributed by atoms with E-state index in [0.29, 0.717) is 26.1 Å². The highest BCUT2D eigenvalue weighted by Crippen LogP contribution is 2.26. The first kappa shape index (κ1) is 25.0. The Balaban J connectivity index is 1.93. The first-order valence-corrected chi connectivity index (χ1v) is 12.0. The first-order valence-electron chi connectivity index (χ1n) is 10.2. The summed E-state index contributed by atoms with van der Waals surface area (Å²) in [6.07, 6.45) is 6.82. The predicted octanol–water partition coefficient (Wildman–Crippen LogP) is 3.74. The van der Waals surface area contributed by atoms with Crippen LogP contribution in [0.2, 0.25) is 0 Å². The molecule has 1 aliphatic rings. The van der Waals surface area contributed by atoms with Crippen LogP contribution in [-0.2, 0) is 30.4 Å². The molecule has 0 aromatic heterocycles. The molecule has 1 aromatic carbocycles. The summed E-state index contributed by atoms with van der Waals surface area (Å²) in [5.74, 6) is -0.0104. The van der Waals surface area contributed by atoms with Gasteiger partial charge in [-0.1, -0.05) is 42.5 Å². The van der Waals surface area contributed by atoms with Gasteiger partial charge in [-0.15, -0.1) is 0 Å². The van der Waals surface area contributed by atoms with Gasteiger partial charge in [0.1, 0.15) is 5.60 Å². The van der Waals surface area contributed by atoms with Crippen LogP contribution in [0.25, 0.3) is 0 Å². The molecule has 1 heterocycles. The Hall–Kier alpha value is -2.23. The second-order valence-electron chi connectivity index (χ2n) is 8.34. The number of hydrogen-bond donors (Lipinski definition) is 0. The van der Waals surface area contributed by atoms with Crippen molar-refractivity contribution in [1.29, 1.82) is 0 Å². The minimum absolute atomic E-state index is 0.0104. The summed E-state index contributed by atoms with van der Waals surface area (Å²) < 4.78 is 38.1. The standard InChI is InChI=1S/C22H32N2O6S/c1-22(2,3)30-21(25)24-20(12-8-9-14-29-31(4,26)27)19(16-23-24)13-15-28-17-18-10-6-5-7-11-18/h5-11,16,19-20H,12-15,17H2,1-4H3/b9-8-/t19-,20?/m1/s1. The SMILES string of the molecule is CC(C)(C)OC(=O)N1N=C[C@@H](CCOCc2ccccc2)C1C/C=C\COS(C)(=O)=O. The molecule has 0 radical (unpaired) electrons. The van der Waals surface area contributed by atoms with E-state index in [4.69, 9.17) is 13.7 Å². The summed E-state index contributed by atoms with van der Waals surface area (Å²) in [7, 11) is -3.49. The van der Waals surface area contributed by atoms with Crippen LogP contribution in [-0.4, -0.2) is 56.8 Å². The molecule has 1 aliphatic heterocycles. The number of carbonyl (C=O) groups excluding carboxylic acids is 1. The van der Waals surface area contributed by atoms with Crippen LogP contribution < -0.4 is 0 Å². The van der Waals surface area contributed by atoms with Gasteiger partial charge in [0.15, 0.2) is 0 Å². The van der Waals surface area contributed by atoms with E-state index >= 15 is 0 Å². The van der Waals surface area contributed by atoms with Crippen molar-refractivity contribution in [3.63, 3.8) is 0 Å². The Labute approximate surface area is 185 Å². The lowest BCUT2D eigenvalue weighted by Crippen LogP contribution is -2.40. The van der Waals surface area contributed by atoms with Gasteiger partial charge >= 0.3 is 6.09 Å². The van der Waals surface area contributed by atoms with Crippen LogP contribution in [0.1, 0.15) is 39.2 Å². The smallest absolute Gasteiger partial charge is 0.431 e. The molecule has 0 N–H and O–H groups in total. The largest absolute Gasteiger partial charge is 0.442 e. The first-order chi connectivity index (χ1) is 14.6. The average molecular weight is 453 g/mol. The summed E-state index contributed by atoms with van der Waals surface area (Å²) in [4.78, 5) is 12.6. The van der Waals surface area contributed by atoms with E-state index in [-0.39, 0.29) is 18.6 Å². The number of hydrogen-bond acceptors (Lipinski definition) is 7. The Bertz CT molecular complexity index is 862. The van der Waals surface area contributed by atoms with E-state index in [1.165, 1.54) is 5.01 Å². The zero-order valence-electron chi connectivity index (χ0n) is 18.6. The maximum atomic E-state index is 12.6. The van der Waals surface area contributed by atoms with Crippen LogP contribution in [0, 0.1) is 5.92 Å². The molecule has 1 unspecified atom stereocenters. The van der Waals surface area contributed by atoms with Gasteiger partial charge in [0.2, 0.25) is 0 Å². The van der Waals surface area contributed by atoms with Crippen LogP contribution in [0.15, 0.2) is 47.6 Å². The predicted molar refractivity (Wildman–Crippen MR) is 119 cm³/mol. The van der Waals surface area contributed by atoms with E-state index in [2.05, 4.69) is 5.10 Å². The number of amides is 1. The molecule has 0 aliphatic carbocycles. The van der Waals surface area contributed by atoms with Crippen LogP contribution >= 0.6 is 0 Å². The Morgan fingerprint density at radius 1 is 1.19 bits per heavy atom. The molecule has 0 saturated carbocycles. The molecule has 0 fully saturated rings. The van der Waals surface area contributed by atoms with Crippen molar-refractivity contribution in [3.05, 3.63) is 48.0 Å². The molecular weight excluding hydrogens is 420 g/mol. The number of benzene rings is 1. The van der Waals surface area contributed by atoms with Crippen LogP contribution in [0.4, 0.5) is 4.79 Å². The number of nitrogens with zero attached hydrogens (tertiary/aromatic N) is 2. The second kappa shape index (κ2) is 11.4. The summed E-state index contributed by atoms with van der Waals surface area (Å²) in [5.41, 5.74) is 0.469. The zero-order chi connectivity index (χ0) is 22.9. The summed E-state index contributed by atoms with van der Waals surface area (Å²) in [6, 6.07) is 9.67. The molecule has 8 nitrogen and oxygen atoms in total. The zero-order valence-corrected chi connectivity index (χ0v) is 19.4. The molecule has 1 aromatic rings. The van der Waals surface area contributed by atoms with Crippen molar-refractivity contribution in [3.8, 4) is 0 Å². The van der Waals surface area contributed by atoms with Crippen LogP contribution in [0.3, 0.4) is 0 Å². The second-order valence-corrected chi connectivity index (χ2v) is 9.99. The van der Waals surface area contributed by atoms with Crippen molar-refractivity contribution >= 4 is 22.4 Å². The van der Waals surface area contributed by atoms with Gasteiger partial charge in [0.25, 0.3) is 10.1 Å². The summed E-state index contributed by atoms with van der Waals surface area (Å²) in [6.45, 7) is 6.40. The Morgan fingerprint density at radius 3 is 2.55 bits per heavy atom. The fourth-order valence-corrected chi connectivity index (χ4v) is 3.33. The van der Waals surface area contributed by atoms with Gasteiger partial charge in [-0.2, -0.15) is 18.5 Å². The molecule has 172 valence electrons. The van der Waals surface area contributed by atoms with Crippen molar-refractivity contribution in [2.45, 2.75) is 51.9 Å². The Kier molecular flexibility index (Phi) is 9.21. The van der Waals surface area contributed by atoms with Crippen molar-refractivity contribution in [2.24, 2.45) is 11.0 Å². The van der Waals surface area contributed by atoms with Crippen LogP contribution in [0.5, 0.6) is 0 Å². The van der Waals surface area contributed by atoms with E-state index in [0.717, 1.165) is 11.8 Å². The van der Waals surface area contributed by atoms with E-state index < -0.39 is 21.8 Å². The molecular formula is C22H32N2O6S. The molecule has 0 bridgehead atoms. The van der Waals surface area contributed by atoms with E-state index in [9.17, 15) is 13.2 Å². The van der Waals surface area contributed by atoms with Gasteiger partial charge in [-0.25, -0.2) is 4.79 Å². The third kappa shape index (κ3) is 9.63. The van der Waals surface area contributed by atoms with Crippen molar-refractivity contribution in [1.82, 2.24) is 5.01 Å². The third-order valence-electron chi connectivity index (χ3n) is 4.40. The third-order valence-corrected chi connectivity index (χ3v) is 4.97. The number of carbonyl (C=O) groups is 1. The summed E-state index contributed by atoms with van der Waals surface area (Å²) in [5, 5.41) is 5.63. The number of hydrazone groups is 1. The van der Waals surface area contributed by atoms with Gasteiger partial charge in [-0.05, 0) is 39.2 Å². The monoisotopic (exact) mass is 452 g/mol. The lowest BCUT2D eigenvalue weighted by Gasteiger charge is -2.28. The Morgan fingerprint density at radius 2 is 1.90 bits per heavy atom. The quantitative estimate of drug-likeness (QED) is 0.305. The highest BCUT2D eigenvalue weighted by atomic mass is 32.2. The maximum Gasteiger partial charge on any atom is 0.431 e. The van der Waals surface area contributed by atoms with Crippen molar-refractivity contribution < 1.29 is 26.9 Å². The molecule has 2 rings (SSSR count). The fourth-order valence-electron chi connectivity index (χ4n) is 3.01. The van der Waals surface area contributed by atoms with Gasteiger partial charge in [-0.3, -0.25) is 4.18 Å². The lowest BCUT2D eigenvalue weighted by molar-refractivity contribution is 0.0157. The molecule has 0 spiro atoms. The summed E-state index contributed by atoms with van der Waals surface area (Å²) >= 11 is 0. The molecule has 0 saturated heterocycles. The average Bonchev–Trinajstić information content (AvgIpc) is 3.06. The van der Waals surface area contributed by atoms with Gasteiger partial charge in [0.05, 0.1) is 25.5 Å². The van der Waals surface area contributed by atoms with Gasteiger partial charge < -0.3 is 9.47 Å². The maximum absolute atomic E-state index is 12.6. The molecule has 31 heavy (non-hydrogen) atoms. The fraction of sp³-hybridized carbons (Fsp3) is 0.545. The van der Waals surface area contributed by atoms with E-state index in [1.54, 1.807) is 39.1 Å². The normalized spacial score (nSPS) is 19.3. The minimum Gasteiger partial charge on any atom is -0.442 e. The van der Waals surface area contributed by atoms with Gasteiger partial charge in [0, 0.05) is 18.7 Å². The minimum atomic E-state index is -3.49. The lowest BCUT2D eigenvalue weighted by atomic mass is 9.95. The number of ether oxygens (including phenoxy) is 2. The topological polar surface area (TPSA) is 94.5 Å². The molecule has 2 atom stereocenters. The molecule has 9 heteroatoms. The highest BCUT2D eigenvalue weighted by molar-refractivity contribution is 7.85. The van der Waals surface area contributed by atoms with Crippen molar-refractivity contribution in [2.75, 3.05) is 19.5 Å². The van der Waals surface area contributed by atoms with E-state index in [1.807, 2.05) is 30.3 Å². The number of rotatable bonds is 10. The highest BCUT2D eigenvalue weighted by Gasteiger charge is 2.36. The molecule has 1 amide bonds.